The van der Waals surface area contributed by atoms with Crippen LogP contribution < -0.4 is 10.1 Å². The molecule has 1 unspecified atom stereocenters. The van der Waals surface area contributed by atoms with Crippen molar-refractivity contribution in [1.82, 2.24) is 9.55 Å². The number of nitrogens with one attached hydrogen (secondary N) is 1. The lowest BCUT2D eigenvalue weighted by atomic mass is 10.2. The topological polar surface area (TPSA) is 48.3 Å². The van der Waals surface area contributed by atoms with E-state index >= 15 is 0 Å². The van der Waals surface area contributed by atoms with Crippen molar-refractivity contribution in [2.24, 2.45) is 0 Å². The van der Waals surface area contributed by atoms with Gasteiger partial charge in [-0.05, 0) is 38.8 Å². The van der Waals surface area contributed by atoms with E-state index in [9.17, 15) is 0 Å². The largest absolute Gasteiger partial charge is 0.491 e. The molecular formula is C18H25N3O2. The van der Waals surface area contributed by atoms with E-state index in [-0.39, 0.29) is 6.10 Å². The van der Waals surface area contributed by atoms with E-state index in [1.807, 2.05) is 36.7 Å². The molecule has 124 valence electrons. The lowest BCUT2D eigenvalue weighted by Gasteiger charge is -2.14. The van der Waals surface area contributed by atoms with Gasteiger partial charge in [0, 0.05) is 36.8 Å². The first-order valence-electron chi connectivity index (χ1n) is 8.32. The highest BCUT2D eigenvalue weighted by Crippen LogP contribution is 2.20. The van der Waals surface area contributed by atoms with Crippen LogP contribution in [-0.2, 0) is 11.3 Å². The van der Waals surface area contributed by atoms with Gasteiger partial charge in [-0.15, -0.1) is 0 Å². The number of anilines is 1. The van der Waals surface area contributed by atoms with E-state index in [1.54, 1.807) is 0 Å². The maximum absolute atomic E-state index is 5.84. The lowest BCUT2D eigenvalue weighted by molar-refractivity contribution is 0.0680. The Bertz CT molecular complexity index is 618. The summed E-state index contributed by atoms with van der Waals surface area (Å²) in [6, 6.07) is 8.46. The summed E-state index contributed by atoms with van der Waals surface area (Å²) >= 11 is 0. The van der Waals surface area contributed by atoms with Crippen LogP contribution in [-0.4, -0.2) is 28.9 Å². The van der Waals surface area contributed by atoms with Crippen molar-refractivity contribution in [3.63, 3.8) is 0 Å². The van der Waals surface area contributed by atoms with Gasteiger partial charge in [0.15, 0.2) is 0 Å². The Morgan fingerprint density at radius 2 is 2.35 bits per heavy atom. The minimum Gasteiger partial charge on any atom is -0.491 e. The second-order valence-corrected chi connectivity index (χ2v) is 6.17. The third kappa shape index (κ3) is 4.26. The van der Waals surface area contributed by atoms with Gasteiger partial charge < -0.3 is 19.4 Å². The van der Waals surface area contributed by atoms with Crippen LogP contribution >= 0.6 is 0 Å². The normalized spacial score (nSPS) is 17.6. The van der Waals surface area contributed by atoms with E-state index in [1.165, 1.54) is 0 Å². The number of nitrogens with zero attached hydrogens (tertiary/aromatic N) is 2. The first-order chi connectivity index (χ1) is 11.2. The number of hydrogen-bond donors (Lipinski definition) is 1. The molecule has 1 aliphatic rings. The smallest absolute Gasteiger partial charge is 0.128 e. The zero-order valence-corrected chi connectivity index (χ0v) is 13.9. The van der Waals surface area contributed by atoms with Gasteiger partial charge in [0.05, 0.1) is 12.6 Å². The molecule has 2 aromatic rings. The zero-order chi connectivity index (χ0) is 16.1. The van der Waals surface area contributed by atoms with Crippen LogP contribution in [0.4, 0.5) is 5.69 Å². The third-order valence-electron chi connectivity index (χ3n) is 4.05. The molecule has 1 atom stereocenters. The van der Waals surface area contributed by atoms with Crippen LogP contribution in [0.5, 0.6) is 5.75 Å². The van der Waals surface area contributed by atoms with E-state index in [4.69, 9.17) is 9.47 Å². The molecule has 3 rings (SSSR count). The average molecular weight is 315 g/mol. The van der Waals surface area contributed by atoms with Crippen LogP contribution in [0.25, 0.3) is 0 Å². The quantitative estimate of drug-likeness (QED) is 0.847. The van der Waals surface area contributed by atoms with Crippen molar-refractivity contribution in [2.45, 2.75) is 45.4 Å². The van der Waals surface area contributed by atoms with E-state index < -0.39 is 0 Å². The van der Waals surface area contributed by atoms with Gasteiger partial charge in [0.1, 0.15) is 18.2 Å². The molecule has 2 heterocycles. The minimum absolute atomic E-state index is 0.241. The number of imidazole rings is 1. The number of ether oxygens (including phenoxy) is 2. The van der Waals surface area contributed by atoms with Gasteiger partial charge in [0.2, 0.25) is 0 Å². The Kier molecular flexibility index (Phi) is 5.18. The van der Waals surface area contributed by atoms with E-state index in [0.29, 0.717) is 19.2 Å². The Labute approximate surface area is 137 Å². The number of benzene rings is 1. The Hall–Kier alpha value is -2.01. The summed E-state index contributed by atoms with van der Waals surface area (Å²) in [5, 5.41) is 3.42. The summed E-state index contributed by atoms with van der Waals surface area (Å²) in [5.74, 6) is 1.91. The molecule has 1 fully saturated rings. The van der Waals surface area contributed by atoms with Crippen molar-refractivity contribution in [3.05, 3.63) is 42.5 Å². The van der Waals surface area contributed by atoms with E-state index in [0.717, 1.165) is 36.7 Å². The van der Waals surface area contributed by atoms with Crippen LogP contribution in [0.3, 0.4) is 0 Å². The summed E-state index contributed by atoms with van der Waals surface area (Å²) in [6.07, 6.45) is 6.33. The molecule has 0 aliphatic carbocycles. The van der Waals surface area contributed by atoms with Crippen LogP contribution in [0.1, 0.15) is 38.6 Å². The summed E-state index contributed by atoms with van der Waals surface area (Å²) in [4.78, 5) is 4.42. The van der Waals surface area contributed by atoms with Gasteiger partial charge >= 0.3 is 0 Å². The first-order valence-corrected chi connectivity index (χ1v) is 8.32. The summed E-state index contributed by atoms with van der Waals surface area (Å²) < 4.78 is 13.6. The molecule has 0 saturated carbocycles. The van der Waals surface area contributed by atoms with Crippen molar-refractivity contribution >= 4 is 5.69 Å². The number of rotatable bonds is 7. The Morgan fingerprint density at radius 3 is 3.13 bits per heavy atom. The Balaban J connectivity index is 1.55. The monoisotopic (exact) mass is 315 g/mol. The standard InChI is InChI=1S/C18H25N3O2/c1-14(2)21-9-8-19-18(21)12-20-15-5-3-6-16(11-15)23-13-17-7-4-10-22-17/h3,5-6,8-9,11,14,17,20H,4,7,10,12-13H2,1-2H3. The predicted molar refractivity (Wildman–Crippen MR) is 90.8 cm³/mol. The summed E-state index contributed by atoms with van der Waals surface area (Å²) in [5.41, 5.74) is 1.04. The highest BCUT2D eigenvalue weighted by Gasteiger charge is 2.16. The highest BCUT2D eigenvalue weighted by atomic mass is 16.5. The zero-order valence-electron chi connectivity index (χ0n) is 13.9. The van der Waals surface area contributed by atoms with Crippen molar-refractivity contribution in [3.8, 4) is 5.75 Å². The maximum atomic E-state index is 5.84. The SMILES string of the molecule is CC(C)n1ccnc1CNc1cccc(OCC2CCCO2)c1. The molecule has 0 amide bonds. The second kappa shape index (κ2) is 7.51. The molecule has 1 aliphatic heterocycles. The molecule has 0 bridgehead atoms. The molecule has 1 aromatic carbocycles. The predicted octanol–water partition coefficient (Wildman–Crippen LogP) is 3.63. The molecule has 5 heteroatoms. The molecular weight excluding hydrogens is 290 g/mol. The molecule has 23 heavy (non-hydrogen) atoms. The van der Waals surface area contributed by atoms with Crippen molar-refractivity contribution < 1.29 is 9.47 Å². The van der Waals surface area contributed by atoms with Gasteiger partial charge in [-0.2, -0.15) is 0 Å². The van der Waals surface area contributed by atoms with Gasteiger partial charge in [-0.1, -0.05) is 6.07 Å². The molecule has 1 aromatic heterocycles. The number of aromatic nitrogens is 2. The first kappa shape index (κ1) is 15.9. The fraction of sp³-hybridized carbons (Fsp3) is 0.500. The fourth-order valence-corrected chi connectivity index (χ4v) is 2.79. The molecule has 5 nitrogen and oxygen atoms in total. The third-order valence-corrected chi connectivity index (χ3v) is 4.05. The second-order valence-electron chi connectivity index (χ2n) is 6.17. The Morgan fingerprint density at radius 1 is 1.43 bits per heavy atom. The van der Waals surface area contributed by atoms with Crippen LogP contribution in [0.2, 0.25) is 0 Å². The molecule has 1 saturated heterocycles. The van der Waals surface area contributed by atoms with Crippen LogP contribution in [0.15, 0.2) is 36.7 Å². The molecule has 1 N–H and O–H groups in total. The van der Waals surface area contributed by atoms with Gasteiger partial charge in [0.25, 0.3) is 0 Å². The molecule has 0 spiro atoms. The fourth-order valence-electron chi connectivity index (χ4n) is 2.79. The summed E-state index contributed by atoms with van der Waals surface area (Å²) in [7, 11) is 0. The summed E-state index contributed by atoms with van der Waals surface area (Å²) in [6.45, 7) is 6.50. The average Bonchev–Trinajstić information content (AvgIpc) is 3.22. The molecule has 0 radical (unpaired) electrons. The van der Waals surface area contributed by atoms with Gasteiger partial charge in [-0.25, -0.2) is 4.98 Å². The van der Waals surface area contributed by atoms with Crippen molar-refractivity contribution in [1.29, 1.82) is 0 Å². The van der Waals surface area contributed by atoms with E-state index in [2.05, 4.69) is 28.7 Å². The van der Waals surface area contributed by atoms with Gasteiger partial charge in [-0.3, -0.25) is 0 Å². The maximum Gasteiger partial charge on any atom is 0.128 e. The number of hydrogen-bond acceptors (Lipinski definition) is 4. The highest BCUT2D eigenvalue weighted by molar-refractivity contribution is 5.48. The van der Waals surface area contributed by atoms with Crippen molar-refractivity contribution in [2.75, 3.05) is 18.5 Å². The van der Waals surface area contributed by atoms with Crippen LogP contribution in [0, 0.1) is 0 Å². The minimum atomic E-state index is 0.241. The lowest BCUT2D eigenvalue weighted by Crippen LogP contribution is -2.16.